The molecular weight excluding hydrogens is 270 g/mol. The summed E-state index contributed by atoms with van der Waals surface area (Å²) >= 11 is 0. The molecule has 9 heteroatoms. The van der Waals surface area contributed by atoms with Crippen LogP contribution >= 0.6 is 0 Å². The highest BCUT2D eigenvalue weighted by Gasteiger charge is 2.43. The summed E-state index contributed by atoms with van der Waals surface area (Å²) in [5.41, 5.74) is 5.22. The van der Waals surface area contributed by atoms with Crippen LogP contribution in [-0.2, 0) is 14.3 Å². The topological polar surface area (TPSA) is 133 Å². The van der Waals surface area contributed by atoms with Gasteiger partial charge in [0, 0.05) is 19.5 Å². The number of ether oxygens (including phenoxy) is 1. The van der Waals surface area contributed by atoms with E-state index in [2.05, 4.69) is 0 Å². The molecule has 20 heavy (non-hydrogen) atoms. The molecule has 3 amide bonds. The minimum absolute atomic E-state index is 0.00476. The summed E-state index contributed by atoms with van der Waals surface area (Å²) < 4.78 is 5.10. The number of morpholine rings is 1. The zero-order chi connectivity index (χ0) is 14.9. The summed E-state index contributed by atoms with van der Waals surface area (Å²) in [4.78, 5) is 37.1. The number of rotatable bonds is 2. The largest absolute Gasteiger partial charge is 0.480 e. The molecule has 0 saturated carbocycles. The number of β-amino-alcohol motifs (C(OH)–C–C–N with tert-alkyl or cyclic N) is 1. The third kappa shape index (κ3) is 2.68. The van der Waals surface area contributed by atoms with Crippen LogP contribution in [0.4, 0.5) is 4.79 Å². The van der Waals surface area contributed by atoms with Crippen LogP contribution < -0.4 is 5.73 Å². The molecule has 2 fully saturated rings. The molecule has 112 valence electrons. The highest BCUT2D eigenvalue weighted by atomic mass is 16.5. The van der Waals surface area contributed by atoms with E-state index in [-0.39, 0.29) is 32.7 Å². The number of carbonyl (C=O) groups is 3. The molecular formula is C11H17N3O6. The minimum Gasteiger partial charge on any atom is -0.480 e. The predicted octanol–water partition coefficient (Wildman–Crippen LogP) is -2.19. The fraction of sp³-hybridized carbons (Fsp3) is 0.727. The Morgan fingerprint density at radius 1 is 1.20 bits per heavy atom. The number of nitrogens with two attached hydrogens (primary N) is 1. The first kappa shape index (κ1) is 14.5. The fourth-order valence-corrected chi connectivity index (χ4v) is 2.49. The van der Waals surface area contributed by atoms with E-state index in [9.17, 15) is 19.5 Å². The van der Waals surface area contributed by atoms with Crippen molar-refractivity contribution in [1.82, 2.24) is 9.80 Å². The number of primary amides is 1. The van der Waals surface area contributed by atoms with Crippen LogP contribution in [0.15, 0.2) is 0 Å². The standard InChI is InChI=1S/C11H17N3O6/c12-9(16)8-5-20-2-1-13(8)11(19)14-4-6(15)3-7(14)10(17)18/h6-8,15H,1-5H2,(H2,12,16)(H,17,18)/t6-,7-,8?/m0/s1. The van der Waals surface area contributed by atoms with Crippen LogP contribution in [0.1, 0.15) is 6.42 Å². The first-order valence-electron chi connectivity index (χ1n) is 6.27. The molecule has 9 nitrogen and oxygen atoms in total. The first-order chi connectivity index (χ1) is 9.41. The maximum absolute atomic E-state index is 12.4. The van der Waals surface area contributed by atoms with Crippen LogP contribution in [-0.4, -0.2) is 82.4 Å². The molecule has 0 aromatic carbocycles. The second-order valence-corrected chi connectivity index (χ2v) is 4.86. The van der Waals surface area contributed by atoms with Gasteiger partial charge in [0.25, 0.3) is 0 Å². The summed E-state index contributed by atoms with van der Waals surface area (Å²) in [6.45, 7) is 0.336. The van der Waals surface area contributed by atoms with Gasteiger partial charge in [0.1, 0.15) is 12.1 Å². The lowest BCUT2D eigenvalue weighted by Crippen LogP contribution is -2.59. The summed E-state index contributed by atoms with van der Waals surface area (Å²) in [5.74, 6) is -1.89. The Bertz CT molecular complexity index is 408. The first-order valence-corrected chi connectivity index (χ1v) is 6.27. The Morgan fingerprint density at radius 2 is 1.90 bits per heavy atom. The van der Waals surface area contributed by atoms with Crippen molar-refractivity contribution in [2.45, 2.75) is 24.6 Å². The summed E-state index contributed by atoms with van der Waals surface area (Å²) in [6.07, 6.45) is -0.903. The summed E-state index contributed by atoms with van der Waals surface area (Å²) in [6, 6.07) is -2.61. The SMILES string of the molecule is NC(=O)C1COCCN1C(=O)N1C[C@@H](O)C[C@H]1C(=O)O. The lowest BCUT2D eigenvalue weighted by Gasteiger charge is -2.37. The molecule has 2 aliphatic heterocycles. The van der Waals surface area contributed by atoms with Crippen LogP contribution in [0.3, 0.4) is 0 Å². The molecule has 2 aliphatic rings. The molecule has 1 unspecified atom stereocenters. The van der Waals surface area contributed by atoms with Crippen molar-refractivity contribution in [2.24, 2.45) is 5.73 Å². The number of likely N-dealkylation sites (tertiary alicyclic amines) is 1. The van der Waals surface area contributed by atoms with E-state index in [0.29, 0.717) is 0 Å². The van der Waals surface area contributed by atoms with E-state index in [1.54, 1.807) is 0 Å². The molecule has 0 aliphatic carbocycles. The Labute approximate surface area is 114 Å². The Balaban J connectivity index is 2.16. The molecule has 0 aromatic rings. The fourth-order valence-electron chi connectivity index (χ4n) is 2.49. The van der Waals surface area contributed by atoms with E-state index in [0.717, 1.165) is 4.90 Å². The highest BCUT2D eigenvalue weighted by molar-refractivity contribution is 5.88. The number of carboxylic acid groups (broad SMARTS) is 1. The summed E-state index contributed by atoms with van der Waals surface area (Å²) in [7, 11) is 0. The molecule has 0 spiro atoms. The van der Waals surface area contributed by atoms with Crippen LogP contribution in [0.25, 0.3) is 0 Å². The molecule has 3 atom stereocenters. The van der Waals surface area contributed by atoms with E-state index < -0.39 is 36.1 Å². The number of aliphatic hydroxyl groups is 1. The Kier molecular flexibility index (Phi) is 4.09. The number of aliphatic carboxylic acids is 1. The maximum atomic E-state index is 12.4. The van der Waals surface area contributed by atoms with Gasteiger partial charge < -0.3 is 30.5 Å². The van der Waals surface area contributed by atoms with Gasteiger partial charge in [0.05, 0.1) is 19.3 Å². The molecule has 0 aromatic heterocycles. The number of hydrogen-bond donors (Lipinski definition) is 3. The average molecular weight is 287 g/mol. The van der Waals surface area contributed by atoms with E-state index in [4.69, 9.17) is 15.6 Å². The van der Waals surface area contributed by atoms with Crippen molar-refractivity contribution < 1.29 is 29.3 Å². The van der Waals surface area contributed by atoms with Gasteiger partial charge in [-0.3, -0.25) is 4.79 Å². The number of carbonyl (C=O) groups excluding carboxylic acids is 2. The van der Waals surface area contributed by atoms with Crippen molar-refractivity contribution in [3.63, 3.8) is 0 Å². The van der Waals surface area contributed by atoms with Crippen LogP contribution in [0.5, 0.6) is 0 Å². The minimum atomic E-state index is -1.18. The smallest absolute Gasteiger partial charge is 0.326 e. The zero-order valence-corrected chi connectivity index (χ0v) is 10.8. The number of nitrogens with zero attached hydrogens (tertiary/aromatic N) is 2. The van der Waals surface area contributed by atoms with Crippen LogP contribution in [0.2, 0.25) is 0 Å². The monoisotopic (exact) mass is 287 g/mol. The predicted molar refractivity (Wildman–Crippen MR) is 64.7 cm³/mol. The molecule has 2 saturated heterocycles. The van der Waals surface area contributed by atoms with E-state index >= 15 is 0 Å². The third-order valence-corrected chi connectivity index (χ3v) is 3.51. The van der Waals surface area contributed by atoms with Crippen molar-refractivity contribution in [3.8, 4) is 0 Å². The third-order valence-electron chi connectivity index (χ3n) is 3.51. The molecule has 4 N–H and O–H groups in total. The van der Waals surface area contributed by atoms with Crippen molar-refractivity contribution in [2.75, 3.05) is 26.3 Å². The lowest BCUT2D eigenvalue weighted by molar-refractivity contribution is -0.141. The second kappa shape index (κ2) is 5.63. The van der Waals surface area contributed by atoms with Gasteiger partial charge in [0.2, 0.25) is 5.91 Å². The number of hydrogen-bond acceptors (Lipinski definition) is 5. The highest BCUT2D eigenvalue weighted by Crippen LogP contribution is 2.21. The number of carboxylic acids is 1. The zero-order valence-electron chi connectivity index (χ0n) is 10.8. The van der Waals surface area contributed by atoms with Gasteiger partial charge in [0.15, 0.2) is 0 Å². The van der Waals surface area contributed by atoms with Gasteiger partial charge >= 0.3 is 12.0 Å². The molecule has 0 bridgehead atoms. The molecule has 0 radical (unpaired) electrons. The van der Waals surface area contributed by atoms with Crippen LogP contribution in [0, 0.1) is 0 Å². The molecule has 2 rings (SSSR count). The maximum Gasteiger partial charge on any atom is 0.326 e. The Morgan fingerprint density at radius 3 is 2.50 bits per heavy atom. The quantitative estimate of drug-likeness (QED) is 0.528. The number of urea groups is 1. The van der Waals surface area contributed by atoms with Crippen molar-refractivity contribution in [1.29, 1.82) is 0 Å². The van der Waals surface area contributed by atoms with Gasteiger partial charge in [-0.2, -0.15) is 0 Å². The van der Waals surface area contributed by atoms with Gasteiger partial charge in [-0.15, -0.1) is 0 Å². The van der Waals surface area contributed by atoms with E-state index in [1.165, 1.54) is 4.90 Å². The van der Waals surface area contributed by atoms with Gasteiger partial charge in [-0.05, 0) is 0 Å². The van der Waals surface area contributed by atoms with E-state index in [1.807, 2.05) is 0 Å². The second-order valence-electron chi connectivity index (χ2n) is 4.86. The lowest BCUT2D eigenvalue weighted by atomic mass is 10.2. The van der Waals surface area contributed by atoms with Crippen molar-refractivity contribution >= 4 is 17.9 Å². The number of amides is 3. The average Bonchev–Trinajstić information content (AvgIpc) is 2.80. The van der Waals surface area contributed by atoms with Gasteiger partial charge in [-0.1, -0.05) is 0 Å². The van der Waals surface area contributed by atoms with Crippen molar-refractivity contribution in [3.05, 3.63) is 0 Å². The number of aliphatic hydroxyl groups excluding tert-OH is 1. The molecule has 2 heterocycles. The normalized spacial score (nSPS) is 30.4. The summed E-state index contributed by atoms with van der Waals surface area (Å²) in [5, 5.41) is 18.6. The van der Waals surface area contributed by atoms with Gasteiger partial charge in [-0.25, -0.2) is 9.59 Å². The Hall–Kier alpha value is -1.87.